The molecule has 0 bridgehead atoms. The van der Waals surface area contributed by atoms with Crippen molar-refractivity contribution in [3.8, 4) is 11.8 Å². The van der Waals surface area contributed by atoms with Crippen LogP contribution in [0.1, 0.15) is 19.8 Å². The second-order valence-corrected chi connectivity index (χ2v) is 3.13. The van der Waals surface area contributed by atoms with Crippen LogP contribution in [0.15, 0.2) is 0 Å². The van der Waals surface area contributed by atoms with Gasteiger partial charge in [-0.25, -0.2) is 0 Å². The molecule has 1 saturated heterocycles. The topological polar surface area (TPSA) is 29.5 Å². The predicted molar refractivity (Wildman–Crippen MR) is 50.1 cm³/mol. The predicted octanol–water partition coefficient (Wildman–Crippen LogP) is 0.647. The highest BCUT2D eigenvalue weighted by Gasteiger charge is 2.20. The highest BCUT2D eigenvalue weighted by atomic mass is 16.5. The van der Waals surface area contributed by atoms with E-state index in [2.05, 4.69) is 11.8 Å². The summed E-state index contributed by atoms with van der Waals surface area (Å²) in [5.41, 5.74) is 0. The Morgan fingerprint density at radius 2 is 2.08 bits per heavy atom. The lowest BCUT2D eigenvalue weighted by atomic mass is 10.1. The van der Waals surface area contributed by atoms with Gasteiger partial charge in [-0.05, 0) is 25.7 Å². The maximum atomic E-state index is 11.4. The molecule has 1 fully saturated rings. The second-order valence-electron chi connectivity index (χ2n) is 3.13. The number of amides is 1. The average Bonchev–Trinajstić information content (AvgIpc) is 2.18. The SMILES string of the molecule is CC#CC(=O)N(C)C1CCOCC1. The Kier molecular flexibility index (Phi) is 3.78. The fourth-order valence-electron chi connectivity index (χ4n) is 1.43. The molecule has 0 N–H and O–H groups in total. The van der Waals surface area contributed by atoms with E-state index in [0.29, 0.717) is 6.04 Å². The van der Waals surface area contributed by atoms with Crippen molar-refractivity contribution in [2.24, 2.45) is 0 Å². The molecule has 1 aliphatic rings. The van der Waals surface area contributed by atoms with Crippen LogP contribution in [0.4, 0.5) is 0 Å². The van der Waals surface area contributed by atoms with Crippen LogP contribution in [0.25, 0.3) is 0 Å². The molecule has 1 aliphatic heterocycles. The molecule has 1 rings (SSSR count). The standard InChI is InChI=1S/C10H15NO2/c1-3-4-10(12)11(2)9-5-7-13-8-6-9/h9H,5-8H2,1-2H3. The molecule has 13 heavy (non-hydrogen) atoms. The van der Waals surface area contributed by atoms with E-state index in [9.17, 15) is 4.79 Å². The van der Waals surface area contributed by atoms with Crippen LogP contribution in [0.3, 0.4) is 0 Å². The van der Waals surface area contributed by atoms with Crippen molar-refractivity contribution in [2.45, 2.75) is 25.8 Å². The van der Waals surface area contributed by atoms with Gasteiger partial charge in [-0.15, -0.1) is 0 Å². The lowest BCUT2D eigenvalue weighted by Crippen LogP contribution is -2.40. The Hall–Kier alpha value is -1.01. The summed E-state index contributed by atoms with van der Waals surface area (Å²) in [5.74, 6) is 5.07. The van der Waals surface area contributed by atoms with Gasteiger partial charge in [-0.1, -0.05) is 5.92 Å². The minimum absolute atomic E-state index is 0.0885. The van der Waals surface area contributed by atoms with E-state index in [0.717, 1.165) is 26.1 Å². The van der Waals surface area contributed by atoms with E-state index in [1.807, 2.05) is 7.05 Å². The zero-order valence-corrected chi connectivity index (χ0v) is 8.17. The van der Waals surface area contributed by atoms with Gasteiger partial charge in [-0.2, -0.15) is 0 Å². The van der Waals surface area contributed by atoms with Crippen molar-refractivity contribution in [3.63, 3.8) is 0 Å². The second kappa shape index (κ2) is 4.88. The third kappa shape index (κ3) is 2.74. The van der Waals surface area contributed by atoms with E-state index in [4.69, 9.17) is 4.74 Å². The van der Waals surface area contributed by atoms with Crippen LogP contribution in [0.2, 0.25) is 0 Å². The number of nitrogens with zero attached hydrogens (tertiary/aromatic N) is 1. The van der Waals surface area contributed by atoms with Gasteiger partial charge in [-0.3, -0.25) is 4.79 Å². The van der Waals surface area contributed by atoms with Crippen molar-refractivity contribution in [3.05, 3.63) is 0 Å². The van der Waals surface area contributed by atoms with Crippen LogP contribution in [0.5, 0.6) is 0 Å². The van der Waals surface area contributed by atoms with Gasteiger partial charge in [0.05, 0.1) is 0 Å². The summed E-state index contributed by atoms with van der Waals surface area (Å²) in [6.45, 7) is 3.18. The molecule has 0 aromatic rings. The Bertz CT molecular complexity index is 233. The Morgan fingerprint density at radius 1 is 1.46 bits per heavy atom. The van der Waals surface area contributed by atoms with Gasteiger partial charge in [0.2, 0.25) is 0 Å². The number of rotatable bonds is 1. The number of hydrogen-bond acceptors (Lipinski definition) is 2. The van der Waals surface area contributed by atoms with E-state index in [1.54, 1.807) is 11.8 Å². The molecule has 0 atom stereocenters. The van der Waals surface area contributed by atoms with E-state index >= 15 is 0 Å². The number of hydrogen-bond donors (Lipinski definition) is 0. The molecule has 1 heterocycles. The molecule has 0 aliphatic carbocycles. The van der Waals surface area contributed by atoms with Crippen molar-refractivity contribution in [2.75, 3.05) is 20.3 Å². The van der Waals surface area contributed by atoms with Crippen LogP contribution in [-0.4, -0.2) is 37.1 Å². The number of carbonyl (C=O) groups is 1. The quantitative estimate of drug-likeness (QED) is 0.556. The molecule has 0 aromatic carbocycles. The first-order valence-corrected chi connectivity index (χ1v) is 4.53. The van der Waals surface area contributed by atoms with Gasteiger partial charge < -0.3 is 9.64 Å². The summed E-state index contributed by atoms with van der Waals surface area (Å²) in [7, 11) is 1.81. The molecule has 0 saturated carbocycles. The molecule has 0 radical (unpaired) electrons. The van der Waals surface area contributed by atoms with Crippen molar-refractivity contribution in [1.29, 1.82) is 0 Å². The van der Waals surface area contributed by atoms with Crippen molar-refractivity contribution >= 4 is 5.91 Å². The molecule has 0 spiro atoms. The van der Waals surface area contributed by atoms with Crippen LogP contribution < -0.4 is 0 Å². The maximum Gasteiger partial charge on any atom is 0.298 e. The average molecular weight is 181 g/mol. The van der Waals surface area contributed by atoms with Gasteiger partial charge in [0, 0.05) is 26.3 Å². The lowest BCUT2D eigenvalue weighted by molar-refractivity contribution is -0.127. The fraction of sp³-hybridized carbons (Fsp3) is 0.700. The monoisotopic (exact) mass is 181 g/mol. The van der Waals surface area contributed by atoms with Crippen molar-refractivity contribution in [1.82, 2.24) is 4.90 Å². The minimum atomic E-state index is -0.0885. The maximum absolute atomic E-state index is 11.4. The van der Waals surface area contributed by atoms with Gasteiger partial charge in [0.25, 0.3) is 5.91 Å². The Balaban J connectivity index is 2.48. The lowest BCUT2D eigenvalue weighted by Gasteiger charge is -2.29. The van der Waals surface area contributed by atoms with Crippen LogP contribution in [0, 0.1) is 11.8 Å². The Morgan fingerprint density at radius 3 is 2.62 bits per heavy atom. The molecule has 0 aromatic heterocycles. The highest BCUT2D eigenvalue weighted by Crippen LogP contribution is 2.12. The molecular weight excluding hydrogens is 166 g/mol. The van der Waals surface area contributed by atoms with Gasteiger partial charge in [0.15, 0.2) is 0 Å². The molecule has 3 heteroatoms. The minimum Gasteiger partial charge on any atom is -0.381 e. The largest absolute Gasteiger partial charge is 0.381 e. The zero-order chi connectivity index (χ0) is 9.68. The third-order valence-corrected chi connectivity index (χ3v) is 2.29. The van der Waals surface area contributed by atoms with Crippen LogP contribution >= 0.6 is 0 Å². The van der Waals surface area contributed by atoms with Crippen LogP contribution in [-0.2, 0) is 9.53 Å². The first-order chi connectivity index (χ1) is 6.25. The molecule has 72 valence electrons. The van der Waals surface area contributed by atoms with Gasteiger partial charge in [0.1, 0.15) is 0 Å². The summed E-state index contributed by atoms with van der Waals surface area (Å²) in [6.07, 6.45) is 1.85. The first-order valence-electron chi connectivity index (χ1n) is 4.53. The first kappa shape index (κ1) is 10.1. The third-order valence-electron chi connectivity index (χ3n) is 2.29. The fourth-order valence-corrected chi connectivity index (χ4v) is 1.43. The summed E-state index contributed by atoms with van der Waals surface area (Å²) in [4.78, 5) is 13.1. The molecular formula is C10H15NO2. The number of ether oxygens (including phenoxy) is 1. The summed E-state index contributed by atoms with van der Waals surface area (Å²) in [5, 5.41) is 0. The normalized spacial score (nSPS) is 17.4. The Labute approximate surface area is 79.1 Å². The number of carbonyl (C=O) groups excluding carboxylic acids is 1. The smallest absolute Gasteiger partial charge is 0.298 e. The zero-order valence-electron chi connectivity index (χ0n) is 8.17. The van der Waals surface area contributed by atoms with Crippen molar-refractivity contribution < 1.29 is 9.53 Å². The summed E-state index contributed by atoms with van der Waals surface area (Å²) in [6, 6.07) is 0.308. The van der Waals surface area contributed by atoms with E-state index in [1.165, 1.54) is 0 Å². The molecule has 0 unspecified atom stereocenters. The van der Waals surface area contributed by atoms with E-state index < -0.39 is 0 Å². The van der Waals surface area contributed by atoms with Gasteiger partial charge >= 0.3 is 0 Å². The molecule has 3 nitrogen and oxygen atoms in total. The summed E-state index contributed by atoms with van der Waals surface area (Å²) < 4.78 is 5.22. The van der Waals surface area contributed by atoms with E-state index in [-0.39, 0.29) is 5.91 Å². The summed E-state index contributed by atoms with van der Waals surface area (Å²) >= 11 is 0. The molecule has 1 amide bonds. The highest BCUT2D eigenvalue weighted by molar-refractivity contribution is 5.93.